The molecule has 0 aliphatic carbocycles. The lowest BCUT2D eigenvalue weighted by Crippen LogP contribution is -2.36. The van der Waals surface area contributed by atoms with Gasteiger partial charge < -0.3 is 20.1 Å². The highest BCUT2D eigenvalue weighted by Crippen LogP contribution is 2.09. The second-order valence-corrected chi connectivity index (χ2v) is 10.4. The lowest BCUT2D eigenvalue weighted by Gasteiger charge is -2.14. The summed E-state index contributed by atoms with van der Waals surface area (Å²) in [6, 6.07) is -0.708. The van der Waals surface area contributed by atoms with Crippen molar-refractivity contribution < 1.29 is 26.3 Å². The Hall–Kier alpha value is -1.24. The van der Waals surface area contributed by atoms with Crippen molar-refractivity contribution in [2.75, 3.05) is 24.7 Å². The third-order valence-corrected chi connectivity index (χ3v) is 6.73. The van der Waals surface area contributed by atoms with Crippen molar-refractivity contribution in [3.05, 3.63) is 23.0 Å². The number of hydrogen-bond acceptors (Lipinski definition) is 8. The highest BCUT2D eigenvalue weighted by Gasteiger charge is 2.23. The molecule has 2 atom stereocenters. The van der Waals surface area contributed by atoms with E-state index in [1.54, 1.807) is 0 Å². The lowest BCUT2D eigenvalue weighted by atomic mass is 10.3. The van der Waals surface area contributed by atoms with Crippen molar-refractivity contribution in [1.82, 2.24) is 10.6 Å². The van der Waals surface area contributed by atoms with Crippen LogP contribution in [0.5, 0.6) is 0 Å². The van der Waals surface area contributed by atoms with E-state index in [1.807, 2.05) is 0 Å². The highest BCUT2D eigenvalue weighted by molar-refractivity contribution is 7.94. The monoisotopic (exact) mass is 440 g/mol. The maximum absolute atomic E-state index is 11.3. The second kappa shape index (κ2) is 9.11. The molecule has 0 bridgehead atoms. The molecule has 0 saturated carbocycles. The van der Waals surface area contributed by atoms with Gasteiger partial charge in [0.2, 0.25) is 0 Å². The first-order valence-corrected chi connectivity index (χ1v) is 12.1. The molecule has 0 aromatic heterocycles. The summed E-state index contributed by atoms with van der Waals surface area (Å²) in [5.41, 5.74) is 0. The van der Waals surface area contributed by atoms with Crippen LogP contribution in [0.15, 0.2) is 23.0 Å². The normalized spacial score (nSPS) is 24.9. The predicted octanol–water partition coefficient (Wildman–Crippen LogP) is 0.170. The maximum Gasteiger partial charge on any atom is 0.257 e. The molecule has 26 heavy (non-hydrogen) atoms. The van der Waals surface area contributed by atoms with Gasteiger partial charge >= 0.3 is 0 Å². The molecule has 2 aliphatic rings. The summed E-state index contributed by atoms with van der Waals surface area (Å²) in [5, 5.41) is 8.28. The molecule has 8 nitrogen and oxygen atoms in total. The van der Waals surface area contributed by atoms with E-state index in [4.69, 9.17) is 33.9 Å². The molecule has 2 unspecified atom stereocenters. The molecule has 0 amide bonds. The van der Waals surface area contributed by atoms with Crippen molar-refractivity contribution in [2.24, 2.45) is 0 Å². The van der Waals surface area contributed by atoms with E-state index in [1.165, 1.54) is 23.0 Å². The zero-order valence-corrected chi connectivity index (χ0v) is 17.1. The molecule has 2 rings (SSSR count). The Labute approximate surface area is 163 Å². The third kappa shape index (κ3) is 7.56. The maximum atomic E-state index is 11.3. The van der Waals surface area contributed by atoms with Gasteiger partial charge in [-0.25, -0.2) is 16.8 Å². The second-order valence-electron chi connectivity index (χ2n) is 5.80. The lowest BCUT2D eigenvalue weighted by molar-refractivity contribution is 0.248. The third-order valence-electron chi connectivity index (χ3n) is 3.47. The SMILES string of the molecule is O=S1(=O)C=CC(NC(=S)OCCCCOC(=S)NC2C=CS(=O)(=O)C2)C1. The number of unbranched alkanes of at least 4 members (excludes halogenated alkanes) is 1. The molecule has 12 heteroatoms. The van der Waals surface area contributed by atoms with Gasteiger partial charge in [-0.05, 0) is 49.4 Å². The summed E-state index contributed by atoms with van der Waals surface area (Å²) in [6.45, 7) is 0.727. The minimum Gasteiger partial charge on any atom is -0.471 e. The van der Waals surface area contributed by atoms with Crippen LogP contribution in [-0.4, -0.2) is 64.0 Å². The van der Waals surface area contributed by atoms with Crippen molar-refractivity contribution in [3.63, 3.8) is 0 Å². The molecule has 2 aliphatic heterocycles. The first-order valence-electron chi connectivity index (χ1n) is 7.84. The summed E-state index contributed by atoms with van der Waals surface area (Å²) in [5.74, 6) is -0.0431. The minimum absolute atomic E-state index is 0.0216. The molecular weight excluding hydrogens is 420 g/mol. The Morgan fingerprint density at radius 2 is 1.23 bits per heavy atom. The Morgan fingerprint density at radius 1 is 0.846 bits per heavy atom. The minimum atomic E-state index is -3.13. The van der Waals surface area contributed by atoms with E-state index in [-0.39, 0.29) is 33.9 Å². The van der Waals surface area contributed by atoms with Gasteiger partial charge in [-0.2, -0.15) is 0 Å². The van der Waals surface area contributed by atoms with Gasteiger partial charge in [0.25, 0.3) is 10.3 Å². The summed E-state index contributed by atoms with van der Waals surface area (Å²) >= 11 is 10.0. The first kappa shape index (κ1) is 21.1. The van der Waals surface area contributed by atoms with E-state index in [2.05, 4.69) is 10.6 Å². The van der Waals surface area contributed by atoms with Crippen LogP contribution in [0.2, 0.25) is 0 Å². The van der Waals surface area contributed by atoms with Crippen LogP contribution < -0.4 is 10.6 Å². The Morgan fingerprint density at radius 3 is 1.54 bits per heavy atom. The number of rotatable bonds is 7. The number of ether oxygens (including phenoxy) is 2. The van der Waals surface area contributed by atoms with E-state index in [0.29, 0.717) is 26.1 Å². The average Bonchev–Trinajstić information content (AvgIpc) is 3.04. The quantitative estimate of drug-likeness (QED) is 0.420. The van der Waals surface area contributed by atoms with Crippen LogP contribution in [0.3, 0.4) is 0 Å². The fourth-order valence-corrected chi connectivity index (χ4v) is 5.19. The zero-order valence-electron chi connectivity index (χ0n) is 13.8. The Kier molecular flexibility index (Phi) is 7.38. The Balaban J connectivity index is 1.49. The van der Waals surface area contributed by atoms with Gasteiger partial charge in [0, 0.05) is 10.8 Å². The van der Waals surface area contributed by atoms with Crippen LogP contribution in [0.25, 0.3) is 0 Å². The average molecular weight is 441 g/mol. The van der Waals surface area contributed by atoms with Gasteiger partial charge in [0.15, 0.2) is 19.7 Å². The molecule has 0 saturated heterocycles. The first-order chi connectivity index (χ1) is 12.2. The topological polar surface area (TPSA) is 111 Å². The smallest absolute Gasteiger partial charge is 0.257 e. The molecule has 0 aromatic carbocycles. The van der Waals surface area contributed by atoms with Crippen LogP contribution >= 0.6 is 24.4 Å². The summed E-state index contributed by atoms with van der Waals surface area (Å²) in [7, 11) is -6.26. The summed E-state index contributed by atoms with van der Waals surface area (Å²) < 4.78 is 55.7. The predicted molar refractivity (Wildman–Crippen MR) is 106 cm³/mol. The van der Waals surface area contributed by atoms with Crippen molar-refractivity contribution >= 4 is 54.5 Å². The van der Waals surface area contributed by atoms with Crippen LogP contribution in [0, 0.1) is 0 Å². The number of thiocarbonyl (C=S) groups is 2. The number of sulfone groups is 2. The van der Waals surface area contributed by atoms with Crippen molar-refractivity contribution in [3.8, 4) is 0 Å². The molecule has 2 heterocycles. The molecule has 0 radical (unpaired) electrons. The molecule has 0 fully saturated rings. The summed E-state index contributed by atoms with van der Waals surface area (Å²) in [4.78, 5) is 0. The molecule has 2 N–H and O–H groups in total. The fraction of sp³-hybridized carbons (Fsp3) is 0.571. The van der Waals surface area contributed by atoms with E-state index in [0.717, 1.165) is 0 Å². The van der Waals surface area contributed by atoms with Gasteiger partial charge in [0.05, 0.1) is 36.8 Å². The zero-order chi connectivity index (χ0) is 19.2. The van der Waals surface area contributed by atoms with Crippen LogP contribution in [-0.2, 0) is 29.1 Å². The standard InChI is InChI=1S/C14H20N2O6S4/c17-25(18)7-3-11(9-25)15-13(23)21-5-1-2-6-22-14(24)16-12-4-8-26(19,20)10-12/h3-4,7-8,11-12H,1-2,5-6,9-10H2,(H,15,23)(H,16,24). The number of nitrogens with one attached hydrogen (secondary N) is 2. The molecule has 0 spiro atoms. The van der Waals surface area contributed by atoms with Gasteiger partial charge in [-0.15, -0.1) is 0 Å². The van der Waals surface area contributed by atoms with Gasteiger partial charge in [0.1, 0.15) is 0 Å². The van der Waals surface area contributed by atoms with Crippen LogP contribution in [0.1, 0.15) is 12.8 Å². The summed E-state index contributed by atoms with van der Waals surface area (Å²) in [6.07, 6.45) is 4.41. The van der Waals surface area contributed by atoms with Crippen molar-refractivity contribution in [1.29, 1.82) is 0 Å². The van der Waals surface area contributed by atoms with E-state index < -0.39 is 19.7 Å². The molecule has 146 valence electrons. The van der Waals surface area contributed by atoms with Crippen molar-refractivity contribution in [2.45, 2.75) is 24.9 Å². The highest BCUT2D eigenvalue weighted by atomic mass is 32.2. The molecule has 0 aromatic rings. The van der Waals surface area contributed by atoms with Gasteiger partial charge in [-0.1, -0.05) is 0 Å². The number of hydrogen-bond donors (Lipinski definition) is 2. The van der Waals surface area contributed by atoms with E-state index >= 15 is 0 Å². The largest absolute Gasteiger partial charge is 0.471 e. The molecular formula is C14H20N2O6S4. The van der Waals surface area contributed by atoms with Gasteiger partial charge in [-0.3, -0.25) is 0 Å². The van der Waals surface area contributed by atoms with E-state index in [9.17, 15) is 16.8 Å². The Bertz CT molecular complexity index is 735. The fourth-order valence-electron chi connectivity index (χ4n) is 2.25. The van der Waals surface area contributed by atoms with Crippen LogP contribution in [0.4, 0.5) is 0 Å².